The summed E-state index contributed by atoms with van der Waals surface area (Å²) in [6.07, 6.45) is 0. The first-order valence-electron chi connectivity index (χ1n) is 6.05. The van der Waals surface area contributed by atoms with Gasteiger partial charge in [0.25, 0.3) is 10.0 Å². The number of nitrogen functional groups attached to an aromatic ring is 1. The third kappa shape index (κ3) is 3.51. The Hall–Kier alpha value is -1.24. The lowest BCUT2D eigenvalue weighted by molar-refractivity contribution is 0.600. The topological polar surface area (TPSA) is 72.2 Å². The molecule has 0 aliphatic heterocycles. The summed E-state index contributed by atoms with van der Waals surface area (Å²) in [5, 5.41) is 0.501. The molecule has 0 spiro atoms. The van der Waals surface area contributed by atoms with E-state index in [1.54, 1.807) is 31.2 Å². The zero-order valence-electron chi connectivity index (χ0n) is 11.4. The van der Waals surface area contributed by atoms with Crippen molar-refractivity contribution < 1.29 is 8.42 Å². The molecule has 3 N–H and O–H groups in total. The van der Waals surface area contributed by atoms with Crippen LogP contribution in [0.5, 0.6) is 0 Å². The fourth-order valence-electron chi connectivity index (χ4n) is 1.82. The summed E-state index contributed by atoms with van der Waals surface area (Å²) in [5.74, 6) is 0. The Morgan fingerprint density at radius 3 is 2.48 bits per heavy atom. The summed E-state index contributed by atoms with van der Waals surface area (Å²) < 4.78 is 28.1. The van der Waals surface area contributed by atoms with Gasteiger partial charge in [-0.3, -0.25) is 4.72 Å². The Bertz CT molecular complexity index is 807. The molecule has 112 valence electrons. The lowest BCUT2D eigenvalue weighted by atomic mass is 10.2. The maximum absolute atomic E-state index is 12.5. The van der Waals surface area contributed by atoms with Gasteiger partial charge in [-0.1, -0.05) is 33.6 Å². The minimum Gasteiger partial charge on any atom is -0.398 e. The number of aryl methyl sites for hydroxylation is 1. The van der Waals surface area contributed by atoms with Crippen molar-refractivity contribution in [3.05, 3.63) is 51.0 Å². The van der Waals surface area contributed by atoms with Gasteiger partial charge in [0.1, 0.15) is 0 Å². The van der Waals surface area contributed by atoms with E-state index in [2.05, 4.69) is 20.7 Å². The molecular formula is C14H14BrClN2O2S. The van der Waals surface area contributed by atoms with Crippen LogP contribution >= 0.6 is 27.5 Å². The fraction of sp³-hybridized carbons (Fsp3) is 0.143. The normalized spacial score (nSPS) is 11.4. The van der Waals surface area contributed by atoms with Gasteiger partial charge in [-0.15, -0.1) is 0 Å². The summed E-state index contributed by atoms with van der Waals surface area (Å²) in [4.78, 5) is 0.131. The van der Waals surface area contributed by atoms with Crippen LogP contribution < -0.4 is 10.5 Å². The van der Waals surface area contributed by atoms with Crippen LogP contribution in [-0.2, 0) is 10.0 Å². The molecule has 7 heteroatoms. The third-order valence-electron chi connectivity index (χ3n) is 3.08. The zero-order chi connectivity index (χ0) is 15.8. The molecule has 0 heterocycles. The predicted molar refractivity (Wildman–Crippen MR) is 90.3 cm³/mol. The van der Waals surface area contributed by atoms with Gasteiger partial charge in [0.15, 0.2) is 0 Å². The van der Waals surface area contributed by atoms with Crippen molar-refractivity contribution in [1.29, 1.82) is 0 Å². The predicted octanol–water partition coefficient (Wildman–Crippen LogP) is 4.10. The SMILES string of the molecule is Cc1ccc(NS(=O)(=O)c2cc(Br)cc(N)c2C)cc1Cl. The summed E-state index contributed by atoms with van der Waals surface area (Å²) in [6.45, 7) is 3.51. The number of sulfonamides is 1. The maximum atomic E-state index is 12.5. The molecule has 0 bridgehead atoms. The highest BCUT2D eigenvalue weighted by molar-refractivity contribution is 9.10. The molecule has 2 aromatic carbocycles. The van der Waals surface area contributed by atoms with E-state index in [9.17, 15) is 8.42 Å². The van der Waals surface area contributed by atoms with Crippen LogP contribution in [-0.4, -0.2) is 8.42 Å². The summed E-state index contributed by atoms with van der Waals surface area (Å²) in [5.41, 5.74) is 8.01. The average molecular weight is 390 g/mol. The van der Waals surface area contributed by atoms with Gasteiger partial charge in [-0.05, 0) is 49.2 Å². The minimum atomic E-state index is -3.74. The largest absolute Gasteiger partial charge is 0.398 e. The van der Waals surface area contributed by atoms with E-state index in [0.29, 0.717) is 26.4 Å². The average Bonchev–Trinajstić information content (AvgIpc) is 2.37. The highest BCUT2D eigenvalue weighted by atomic mass is 79.9. The van der Waals surface area contributed by atoms with Crippen LogP contribution in [0.3, 0.4) is 0 Å². The Morgan fingerprint density at radius 1 is 1.19 bits per heavy atom. The zero-order valence-corrected chi connectivity index (χ0v) is 14.6. The summed E-state index contributed by atoms with van der Waals surface area (Å²) in [6, 6.07) is 8.17. The molecule has 0 aliphatic rings. The number of hydrogen-bond donors (Lipinski definition) is 2. The molecule has 2 rings (SSSR count). The summed E-state index contributed by atoms with van der Waals surface area (Å²) in [7, 11) is -3.74. The van der Waals surface area contributed by atoms with Gasteiger partial charge in [0.2, 0.25) is 0 Å². The number of rotatable bonds is 3. The number of hydrogen-bond acceptors (Lipinski definition) is 3. The van der Waals surface area contributed by atoms with Crippen molar-refractivity contribution in [2.24, 2.45) is 0 Å². The standard InChI is InChI=1S/C14H14BrClN2O2S/c1-8-3-4-11(7-12(8)16)18-21(19,20)14-6-10(15)5-13(17)9(14)2/h3-7,18H,17H2,1-2H3. The number of nitrogens with two attached hydrogens (primary N) is 1. The first kappa shape index (κ1) is 16.1. The van der Waals surface area contributed by atoms with Crippen molar-refractivity contribution in [3.8, 4) is 0 Å². The van der Waals surface area contributed by atoms with E-state index in [4.69, 9.17) is 17.3 Å². The van der Waals surface area contributed by atoms with E-state index in [-0.39, 0.29) is 4.90 Å². The van der Waals surface area contributed by atoms with Gasteiger partial charge < -0.3 is 5.73 Å². The highest BCUT2D eigenvalue weighted by Gasteiger charge is 2.19. The van der Waals surface area contributed by atoms with Crippen LogP contribution in [0.15, 0.2) is 39.7 Å². The second-order valence-corrected chi connectivity index (χ2v) is 7.66. The molecule has 0 aromatic heterocycles. The van der Waals surface area contributed by atoms with E-state index in [1.165, 1.54) is 6.07 Å². The van der Waals surface area contributed by atoms with Crippen LogP contribution in [0.4, 0.5) is 11.4 Å². The molecular weight excluding hydrogens is 376 g/mol. The molecule has 0 unspecified atom stereocenters. The van der Waals surface area contributed by atoms with Crippen molar-refractivity contribution in [3.63, 3.8) is 0 Å². The van der Waals surface area contributed by atoms with E-state index in [0.717, 1.165) is 5.56 Å². The van der Waals surface area contributed by atoms with Gasteiger partial charge >= 0.3 is 0 Å². The van der Waals surface area contributed by atoms with E-state index in [1.807, 2.05) is 6.92 Å². The molecule has 4 nitrogen and oxygen atoms in total. The number of nitrogens with one attached hydrogen (secondary N) is 1. The van der Waals surface area contributed by atoms with Crippen molar-refractivity contribution in [1.82, 2.24) is 0 Å². The van der Waals surface area contributed by atoms with Crippen molar-refractivity contribution in [2.75, 3.05) is 10.5 Å². The molecule has 0 amide bonds. The van der Waals surface area contributed by atoms with E-state index < -0.39 is 10.0 Å². The van der Waals surface area contributed by atoms with Crippen molar-refractivity contribution in [2.45, 2.75) is 18.7 Å². The number of halogens is 2. The van der Waals surface area contributed by atoms with Gasteiger partial charge in [-0.2, -0.15) is 0 Å². The highest BCUT2D eigenvalue weighted by Crippen LogP contribution is 2.28. The molecule has 0 saturated carbocycles. The molecule has 2 aromatic rings. The maximum Gasteiger partial charge on any atom is 0.262 e. The second-order valence-electron chi connectivity index (χ2n) is 4.69. The Morgan fingerprint density at radius 2 is 1.86 bits per heavy atom. The minimum absolute atomic E-state index is 0.131. The summed E-state index contributed by atoms with van der Waals surface area (Å²) >= 11 is 9.26. The Kier molecular flexibility index (Phi) is 4.51. The third-order valence-corrected chi connectivity index (χ3v) is 5.45. The van der Waals surface area contributed by atoms with E-state index >= 15 is 0 Å². The number of benzene rings is 2. The van der Waals surface area contributed by atoms with Gasteiger partial charge in [-0.25, -0.2) is 8.42 Å². The van der Waals surface area contributed by atoms with Crippen LogP contribution in [0.25, 0.3) is 0 Å². The lowest BCUT2D eigenvalue weighted by Crippen LogP contribution is -2.15. The molecule has 0 atom stereocenters. The lowest BCUT2D eigenvalue weighted by Gasteiger charge is -2.13. The molecule has 21 heavy (non-hydrogen) atoms. The van der Waals surface area contributed by atoms with Crippen LogP contribution in [0, 0.1) is 13.8 Å². The van der Waals surface area contributed by atoms with Gasteiger partial charge in [0, 0.05) is 15.2 Å². The molecule has 0 radical (unpaired) electrons. The van der Waals surface area contributed by atoms with Gasteiger partial charge in [0.05, 0.1) is 10.6 Å². The Balaban J connectivity index is 2.45. The molecule has 0 aliphatic carbocycles. The fourth-order valence-corrected chi connectivity index (χ4v) is 3.98. The number of anilines is 2. The molecule has 0 fully saturated rings. The first-order chi connectivity index (χ1) is 9.70. The first-order valence-corrected chi connectivity index (χ1v) is 8.71. The van der Waals surface area contributed by atoms with Crippen LogP contribution in [0.2, 0.25) is 5.02 Å². The quantitative estimate of drug-likeness (QED) is 0.776. The molecule has 0 saturated heterocycles. The van der Waals surface area contributed by atoms with Crippen molar-refractivity contribution >= 4 is 48.9 Å². The monoisotopic (exact) mass is 388 g/mol. The van der Waals surface area contributed by atoms with Crippen LogP contribution in [0.1, 0.15) is 11.1 Å². The second kappa shape index (κ2) is 5.87. The Labute approximate surface area is 137 Å². The smallest absolute Gasteiger partial charge is 0.262 e.